The van der Waals surface area contributed by atoms with Crippen LogP contribution < -0.4 is 5.73 Å². The molecule has 18 heavy (non-hydrogen) atoms. The molecule has 0 amide bonds. The van der Waals surface area contributed by atoms with Crippen molar-refractivity contribution < 1.29 is 17.9 Å². The van der Waals surface area contributed by atoms with E-state index >= 15 is 0 Å². The molecule has 1 aromatic carbocycles. The van der Waals surface area contributed by atoms with E-state index in [1.807, 2.05) is 0 Å². The van der Waals surface area contributed by atoms with Gasteiger partial charge in [-0.2, -0.15) is 0 Å². The summed E-state index contributed by atoms with van der Waals surface area (Å²) in [6.07, 6.45) is 1.35. The largest absolute Gasteiger partial charge is 0.468 e. The Bertz CT molecular complexity index is 651. The van der Waals surface area contributed by atoms with E-state index in [-0.39, 0.29) is 9.80 Å². The van der Waals surface area contributed by atoms with Gasteiger partial charge in [0.05, 0.1) is 16.9 Å². The first-order valence-corrected chi connectivity index (χ1v) is 6.83. The number of benzene rings is 1. The summed E-state index contributed by atoms with van der Waals surface area (Å²) in [5, 5.41) is 0.410. The van der Waals surface area contributed by atoms with Crippen LogP contribution in [0, 0.1) is 0 Å². The molecule has 1 aliphatic heterocycles. The summed E-state index contributed by atoms with van der Waals surface area (Å²) >= 11 is 5.79. The van der Waals surface area contributed by atoms with E-state index in [0.717, 1.165) is 7.11 Å². The lowest BCUT2D eigenvalue weighted by atomic mass is 10.2. The highest BCUT2D eigenvalue weighted by Crippen LogP contribution is 2.35. The maximum atomic E-state index is 12.2. The van der Waals surface area contributed by atoms with Crippen LogP contribution >= 0.6 is 11.6 Å². The number of carbonyl (C=O) groups excluding carboxylic acids is 1. The molecule has 5 nitrogen and oxygen atoms in total. The molecule has 0 saturated heterocycles. The Morgan fingerprint density at radius 3 is 2.72 bits per heavy atom. The van der Waals surface area contributed by atoms with Crippen molar-refractivity contribution in [3.05, 3.63) is 33.7 Å². The van der Waals surface area contributed by atoms with Crippen LogP contribution in [-0.2, 0) is 19.4 Å². The van der Waals surface area contributed by atoms with Gasteiger partial charge in [-0.05, 0) is 29.8 Å². The van der Waals surface area contributed by atoms with Gasteiger partial charge < -0.3 is 10.5 Å². The predicted molar refractivity (Wildman–Crippen MR) is 66.6 cm³/mol. The fourth-order valence-corrected chi connectivity index (χ4v) is 3.56. The van der Waals surface area contributed by atoms with E-state index in [9.17, 15) is 13.2 Å². The summed E-state index contributed by atoms with van der Waals surface area (Å²) in [4.78, 5) is 11.2. The molecule has 0 spiro atoms. The Labute approximate surface area is 109 Å². The van der Waals surface area contributed by atoms with Gasteiger partial charge in [-0.1, -0.05) is 11.6 Å². The van der Waals surface area contributed by atoms with Crippen LogP contribution in [0.1, 0.15) is 5.56 Å². The van der Waals surface area contributed by atoms with Crippen molar-refractivity contribution in [3.8, 4) is 0 Å². The Hall–Kier alpha value is -1.37. The van der Waals surface area contributed by atoms with Gasteiger partial charge in [-0.25, -0.2) is 13.2 Å². The Kier molecular flexibility index (Phi) is 3.18. The third-order valence-corrected chi connectivity index (χ3v) is 4.81. The number of hydrogen-bond donors (Lipinski definition) is 1. The van der Waals surface area contributed by atoms with Crippen molar-refractivity contribution in [2.24, 2.45) is 5.73 Å². The third kappa shape index (κ3) is 1.92. The molecule has 0 aliphatic carbocycles. The number of hydrogen-bond acceptors (Lipinski definition) is 5. The van der Waals surface area contributed by atoms with E-state index in [0.29, 0.717) is 10.6 Å². The fourth-order valence-electron chi connectivity index (χ4n) is 1.73. The van der Waals surface area contributed by atoms with Gasteiger partial charge in [0.2, 0.25) is 9.84 Å². The standard InChI is InChI=1S/C11H10ClNO4S/c1-17-11(14)10(13)9-5-6-4-7(12)2-3-8(6)18(9,15)16/h2-5,10H,13H2,1H3. The third-order valence-electron chi connectivity index (χ3n) is 2.63. The van der Waals surface area contributed by atoms with Crippen LogP contribution in [0.15, 0.2) is 28.0 Å². The molecule has 2 rings (SSSR count). The zero-order valence-electron chi connectivity index (χ0n) is 9.38. The van der Waals surface area contributed by atoms with Gasteiger partial charge in [0.1, 0.15) is 6.04 Å². The van der Waals surface area contributed by atoms with Crippen molar-refractivity contribution >= 4 is 33.5 Å². The number of carbonyl (C=O) groups is 1. The highest BCUT2D eigenvalue weighted by molar-refractivity contribution is 7.96. The Morgan fingerprint density at radius 2 is 2.11 bits per heavy atom. The zero-order valence-corrected chi connectivity index (χ0v) is 11.0. The molecule has 2 N–H and O–H groups in total. The van der Waals surface area contributed by atoms with Crippen molar-refractivity contribution in [3.63, 3.8) is 0 Å². The second-order valence-electron chi connectivity index (χ2n) is 3.73. The SMILES string of the molecule is COC(=O)C(N)C1=Cc2cc(Cl)ccc2S1(=O)=O. The summed E-state index contributed by atoms with van der Waals surface area (Å²) < 4.78 is 28.8. The van der Waals surface area contributed by atoms with Gasteiger partial charge in [0.25, 0.3) is 0 Å². The van der Waals surface area contributed by atoms with Gasteiger partial charge in [0, 0.05) is 5.02 Å². The minimum absolute atomic E-state index is 0.0984. The second kappa shape index (κ2) is 4.38. The van der Waals surface area contributed by atoms with E-state index in [2.05, 4.69) is 4.74 Å². The van der Waals surface area contributed by atoms with Crippen molar-refractivity contribution in [2.45, 2.75) is 10.9 Å². The lowest BCUT2D eigenvalue weighted by molar-refractivity contribution is -0.141. The maximum absolute atomic E-state index is 12.2. The number of ether oxygens (including phenoxy) is 1. The molecule has 1 aliphatic rings. The Morgan fingerprint density at radius 1 is 1.44 bits per heavy atom. The Balaban J connectivity index is 2.54. The molecular weight excluding hydrogens is 278 g/mol. The minimum Gasteiger partial charge on any atom is -0.468 e. The van der Waals surface area contributed by atoms with Crippen molar-refractivity contribution in [1.82, 2.24) is 0 Å². The van der Waals surface area contributed by atoms with E-state index in [4.69, 9.17) is 17.3 Å². The topological polar surface area (TPSA) is 86.5 Å². The van der Waals surface area contributed by atoms with Crippen molar-refractivity contribution in [2.75, 3.05) is 7.11 Å². The quantitative estimate of drug-likeness (QED) is 0.819. The molecule has 1 heterocycles. The number of rotatable bonds is 2. The van der Waals surface area contributed by atoms with Crippen LogP contribution in [0.25, 0.3) is 6.08 Å². The maximum Gasteiger partial charge on any atom is 0.328 e. The zero-order chi connectivity index (χ0) is 13.5. The molecule has 0 saturated carbocycles. The average Bonchev–Trinajstić information content (AvgIpc) is 2.58. The summed E-state index contributed by atoms with van der Waals surface area (Å²) in [7, 11) is -2.59. The van der Waals surface area contributed by atoms with Gasteiger partial charge in [-0.15, -0.1) is 0 Å². The van der Waals surface area contributed by atoms with Gasteiger partial charge in [0.15, 0.2) is 0 Å². The highest BCUT2D eigenvalue weighted by atomic mass is 35.5. The summed E-state index contributed by atoms with van der Waals surface area (Å²) in [6.45, 7) is 0. The number of esters is 1. The monoisotopic (exact) mass is 287 g/mol. The molecule has 96 valence electrons. The van der Waals surface area contributed by atoms with Crippen LogP contribution in [-0.4, -0.2) is 27.5 Å². The molecule has 7 heteroatoms. The summed E-state index contributed by atoms with van der Waals surface area (Å²) in [5.74, 6) is -0.802. The molecule has 0 aromatic heterocycles. The molecule has 0 radical (unpaired) electrons. The minimum atomic E-state index is -3.74. The van der Waals surface area contributed by atoms with E-state index in [1.165, 1.54) is 24.3 Å². The van der Waals surface area contributed by atoms with Crippen molar-refractivity contribution in [1.29, 1.82) is 0 Å². The van der Waals surface area contributed by atoms with E-state index in [1.54, 1.807) is 0 Å². The summed E-state index contributed by atoms with van der Waals surface area (Å²) in [5.41, 5.74) is 6.00. The lowest BCUT2D eigenvalue weighted by Crippen LogP contribution is -2.35. The smallest absolute Gasteiger partial charge is 0.328 e. The summed E-state index contributed by atoms with van der Waals surface area (Å²) in [6, 6.07) is 3.04. The molecular formula is C11H10ClNO4S. The van der Waals surface area contributed by atoms with Gasteiger partial charge in [-0.3, -0.25) is 0 Å². The number of methoxy groups -OCH3 is 1. The number of sulfone groups is 1. The highest BCUT2D eigenvalue weighted by Gasteiger charge is 2.36. The normalized spacial score (nSPS) is 17.8. The molecule has 0 bridgehead atoms. The lowest BCUT2D eigenvalue weighted by Gasteiger charge is -2.10. The second-order valence-corrected chi connectivity index (χ2v) is 6.09. The number of nitrogens with two attached hydrogens (primary N) is 1. The first-order chi connectivity index (χ1) is 8.37. The number of fused-ring (bicyclic) bond motifs is 1. The average molecular weight is 288 g/mol. The van der Waals surface area contributed by atoms with Crippen LogP contribution in [0.5, 0.6) is 0 Å². The molecule has 1 unspecified atom stereocenters. The van der Waals surface area contributed by atoms with Crippen LogP contribution in [0.2, 0.25) is 5.02 Å². The molecule has 1 aromatic rings. The fraction of sp³-hybridized carbons (Fsp3) is 0.182. The van der Waals surface area contributed by atoms with Gasteiger partial charge >= 0.3 is 5.97 Å². The number of halogens is 1. The van der Waals surface area contributed by atoms with Crippen LogP contribution in [0.4, 0.5) is 0 Å². The first-order valence-electron chi connectivity index (χ1n) is 4.97. The predicted octanol–water partition coefficient (Wildman–Crippen LogP) is 0.969. The van der Waals surface area contributed by atoms with E-state index < -0.39 is 21.8 Å². The molecule has 0 fully saturated rings. The van der Waals surface area contributed by atoms with Crippen LogP contribution in [0.3, 0.4) is 0 Å². The molecule has 1 atom stereocenters. The first kappa shape index (κ1) is 13.1.